The molecular weight excluding hydrogens is 356 g/mol. The number of likely N-dealkylation sites (N-methyl/N-ethyl adjacent to an activating group) is 1. The SMILES string of the molecule is Cc1ncsc1-c1cc(C(=O)N2[C@@H]3CN(C)[C@@H]4CCC[C@H]2[C@]4(C)C3)ccn1. The lowest BCUT2D eigenvalue weighted by molar-refractivity contribution is 0.0247. The van der Waals surface area contributed by atoms with Crippen LogP contribution in [0.1, 0.15) is 48.7 Å². The third-order valence-corrected chi connectivity index (χ3v) is 8.08. The van der Waals surface area contributed by atoms with Crippen molar-refractivity contribution in [2.75, 3.05) is 13.6 Å². The first-order chi connectivity index (χ1) is 13.0. The van der Waals surface area contributed by atoms with Crippen LogP contribution in [0.5, 0.6) is 0 Å². The number of carbonyl (C=O) groups excluding carboxylic acids is 1. The largest absolute Gasteiger partial charge is 0.331 e. The molecule has 1 saturated carbocycles. The molecule has 5 nitrogen and oxygen atoms in total. The summed E-state index contributed by atoms with van der Waals surface area (Å²) < 4.78 is 0. The Kier molecular flexibility index (Phi) is 3.92. The van der Waals surface area contributed by atoms with Crippen molar-refractivity contribution in [1.29, 1.82) is 0 Å². The minimum absolute atomic E-state index is 0.176. The Morgan fingerprint density at radius 1 is 1.30 bits per heavy atom. The van der Waals surface area contributed by atoms with Gasteiger partial charge in [-0.25, -0.2) is 4.98 Å². The summed E-state index contributed by atoms with van der Waals surface area (Å²) >= 11 is 1.58. The first-order valence-electron chi connectivity index (χ1n) is 9.88. The third-order valence-electron chi connectivity index (χ3n) is 7.13. The van der Waals surface area contributed by atoms with Gasteiger partial charge in [-0.3, -0.25) is 9.78 Å². The molecule has 2 saturated heterocycles. The van der Waals surface area contributed by atoms with Crippen LogP contribution in [0, 0.1) is 12.3 Å². The van der Waals surface area contributed by atoms with Gasteiger partial charge in [-0.15, -0.1) is 11.3 Å². The minimum atomic E-state index is 0.176. The van der Waals surface area contributed by atoms with E-state index < -0.39 is 0 Å². The summed E-state index contributed by atoms with van der Waals surface area (Å²) in [4.78, 5) is 28.2. The van der Waals surface area contributed by atoms with Crippen molar-refractivity contribution < 1.29 is 4.79 Å². The van der Waals surface area contributed by atoms with Gasteiger partial charge in [0, 0.05) is 41.8 Å². The standard InChI is InChI=1S/C21H26N4OS/c1-13-19(27-12-23-13)16-9-14(7-8-22-16)20(26)25-15-10-21(2)17(24(3)11-15)5-4-6-18(21)25/h7-9,12,15,17-18H,4-6,10-11H2,1-3H3/t15-,17+,18-,21+/m0/s1. The van der Waals surface area contributed by atoms with Crippen LogP contribution >= 0.6 is 11.3 Å². The van der Waals surface area contributed by atoms with Gasteiger partial charge in [0.05, 0.1) is 21.8 Å². The normalized spacial score (nSPS) is 32.7. The van der Waals surface area contributed by atoms with Crippen LogP contribution in [0.3, 0.4) is 0 Å². The van der Waals surface area contributed by atoms with Crippen molar-refractivity contribution >= 4 is 17.2 Å². The highest BCUT2D eigenvalue weighted by molar-refractivity contribution is 7.13. The molecule has 2 aromatic rings. The Morgan fingerprint density at radius 2 is 2.11 bits per heavy atom. The van der Waals surface area contributed by atoms with E-state index in [1.165, 1.54) is 12.8 Å². The molecule has 4 heterocycles. The zero-order valence-corrected chi connectivity index (χ0v) is 17.0. The molecule has 142 valence electrons. The quantitative estimate of drug-likeness (QED) is 0.796. The number of amides is 1. The van der Waals surface area contributed by atoms with Crippen LogP contribution in [0.25, 0.3) is 10.6 Å². The van der Waals surface area contributed by atoms with Crippen LogP contribution in [0.2, 0.25) is 0 Å². The summed E-state index contributed by atoms with van der Waals surface area (Å²) in [5, 5.41) is 0. The molecule has 0 spiro atoms. The average molecular weight is 383 g/mol. The van der Waals surface area contributed by atoms with E-state index >= 15 is 0 Å². The number of hydrogen-bond acceptors (Lipinski definition) is 5. The number of pyridine rings is 1. The van der Waals surface area contributed by atoms with Crippen LogP contribution in [-0.2, 0) is 0 Å². The maximum atomic E-state index is 13.6. The summed E-state index contributed by atoms with van der Waals surface area (Å²) in [5.74, 6) is 0.176. The third kappa shape index (κ3) is 2.49. The van der Waals surface area contributed by atoms with Crippen LogP contribution < -0.4 is 0 Å². The predicted molar refractivity (Wildman–Crippen MR) is 107 cm³/mol. The highest BCUT2D eigenvalue weighted by Crippen LogP contribution is 2.54. The van der Waals surface area contributed by atoms with E-state index in [1.54, 1.807) is 17.5 Å². The van der Waals surface area contributed by atoms with Crippen molar-refractivity contribution in [1.82, 2.24) is 19.8 Å². The number of likely N-dealkylation sites (tertiary alicyclic amines) is 2. The molecule has 2 aromatic heterocycles. The van der Waals surface area contributed by atoms with Gasteiger partial charge < -0.3 is 9.80 Å². The van der Waals surface area contributed by atoms with E-state index in [0.29, 0.717) is 18.1 Å². The topological polar surface area (TPSA) is 49.3 Å². The second kappa shape index (κ2) is 6.11. The number of fused-ring (bicyclic) bond motifs is 1. The molecule has 0 unspecified atom stereocenters. The monoisotopic (exact) mass is 382 g/mol. The van der Waals surface area contributed by atoms with Crippen molar-refractivity contribution in [3.8, 4) is 10.6 Å². The van der Waals surface area contributed by atoms with Gasteiger partial charge in [-0.1, -0.05) is 6.92 Å². The van der Waals surface area contributed by atoms with E-state index in [-0.39, 0.29) is 11.3 Å². The van der Waals surface area contributed by atoms with Crippen molar-refractivity contribution in [3.05, 3.63) is 35.1 Å². The molecule has 5 rings (SSSR count). The van der Waals surface area contributed by atoms with Crippen LogP contribution in [-0.4, -0.2) is 57.4 Å². The zero-order valence-electron chi connectivity index (χ0n) is 16.2. The molecule has 27 heavy (non-hydrogen) atoms. The Morgan fingerprint density at radius 3 is 2.89 bits per heavy atom. The number of piperidine rings is 1. The van der Waals surface area contributed by atoms with Gasteiger partial charge in [-0.05, 0) is 51.8 Å². The number of nitrogens with zero attached hydrogens (tertiary/aromatic N) is 4. The van der Waals surface area contributed by atoms with Gasteiger partial charge in [0.25, 0.3) is 5.91 Å². The minimum Gasteiger partial charge on any atom is -0.331 e. The fourth-order valence-corrected chi connectivity index (χ4v) is 6.78. The molecule has 2 bridgehead atoms. The summed E-state index contributed by atoms with van der Waals surface area (Å²) in [6, 6.07) is 5.13. The fourth-order valence-electron chi connectivity index (χ4n) is 6.00. The number of rotatable bonds is 2. The maximum Gasteiger partial charge on any atom is 0.254 e. The summed E-state index contributed by atoms with van der Waals surface area (Å²) in [5.41, 5.74) is 4.65. The van der Waals surface area contributed by atoms with E-state index in [9.17, 15) is 4.79 Å². The molecule has 1 aliphatic carbocycles. The predicted octanol–water partition coefficient (Wildman–Crippen LogP) is 3.60. The van der Waals surface area contributed by atoms with Crippen LogP contribution in [0.15, 0.2) is 23.8 Å². The second-order valence-electron chi connectivity index (χ2n) is 8.67. The van der Waals surface area contributed by atoms with E-state index in [0.717, 1.165) is 41.2 Å². The van der Waals surface area contributed by atoms with Gasteiger partial charge in [-0.2, -0.15) is 0 Å². The lowest BCUT2D eigenvalue weighted by Gasteiger charge is -2.48. The van der Waals surface area contributed by atoms with Crippen molar-refractivity contribution in [2.45, 2.75) is 57.7 Å². The fraction of sp³-hybridized carbons (Fsp3) is 0.571. The van der Waals surface area contributed by atoms with Crippen molar-refractivity contribution in [2.24, 2.45) is 5.41 Å². The number of carbonyl (C=O) groups is 1. The van der Waals surface area contributed by atoms with Crippen LogP contribution in [0.4, 0.5) is 0 Å². The maximum absolute atomic E-state index is 13.6. The van der Waals surface area contributed by atoms with Gasteiger partial charge in [0.2, 0.25) is 0 Å². The Hall–Kier alpha value is -1.79. The molecule has 0 aromatic carbocycles. The molecule has 2 aliphatic heterocycles. The molecule has 0 N–H and O–H groups in total. The number of aromatic nitrogens is 2. The summed E-state index contributed by atoms with van der Waals surface area (Å²) in [6.07, 6.45) is 6.52. The van der Waals surface area contributed by atoms with E-state index in [4.69, 9.17) is 0 Å². The average Bonchev–Trinajstić information content (AvgIpc) is 3.20. The van der Waals surface area contributed by atoms with E-state index in [1.807, 2.05) is 24.6 Å². The molecule has 0 radical (unpaired) electrons. The molecule has 1 amide bonds. The molecular formula is C21H26N4OS. The number of hydrogen-bond donors (Lipinski definition) is 0. The van der Waals surface area contributed by atoms with Gasteiger partial charge in [0.15, 0.2) is 0 Å². The second-order valence-corrected chi connectivity index (χ2v) is 9.53. The van der Waals surface area contributed by atoms with Crippen molar-refractivity contribution in [3.63, 3.8) is 0 Å². The highest BCUT2D eigenvalue weighted by Gasteiger charge is 2.60. The Labute approximate surface area is 164 Å². The lowest BCUT2D eigenvalue weighted by atomic mass is 9.66. The molecule has 3 aliphatic rings. The molecule has 3 fully saturated rings. The first-order valence-corrected chi connectivity index (χ1v) is 10.8. The Balaban J connectivity index is 1.51. The zero-order chi connectivity index (χ0) is 18.8. The Bertz CT molecular complexity index is 896. The summed E-state index contributed by atoms with van der Waals surface area (Å²) in [6.45, 7) is 5.40. The first kappa shape index (κ1) is 17.3. The smallest absolute Gasteiger partial charge is 0.254 e. The van der Waals surface area contributed by atoms with Gasteiger partial charge in [0.1, 0.15) is 0 Å². The van der Waals surface area contributed by atoms with Gasteiger partial charge >= 0.3 is 0 Å². The molecule has 4 atom stereocenters. The lowest BCUT2D eigenvalue weighted by Crippen LogP contribution is -2.54. The number of aryl methyl sites for hydroxylation is 1. The molecule has 6 heteroatoms. The van der Waals surface area contributed by atoms with E-state index in [2.05, 4.69) is 33.7 Å². The summed E-state index contributed by atoms with van der Waals surface area (Å²) in [7, 11) is 2.24. The number of thiazole rings is 1. The highest BCUT2D eigenvalue weighted by atomic mass is 32.1.